The van der Waals surface area contributed by atoms with Crippen molar-refractivity contribution in [3.8, 4) is 11.5 Å². The fourth-order valence-electron chi connectivity index (χ4n) is 2.58. The summed E-state index contributed by atoms with van der Waals surface area (Å²) in [5, 5.41) is 19.2. The van der Waals surface area contributed by atoms with Gasteiger partial charge in [-0.1, -0.05) is 36.4 Å². The number of ether oxygens (including phenoxy) is 2. The van der Waals surface area contributed by atoms with Gasteiger partial charge in [-0.15, -0.1) is 24.8 Å². The van der Waals surface area contributed by atoms with Crippen molar-refractivity contribution in [3.63, 3.8) is 0 Å². The summed E-state index contributed by atoms with van der Waals surface area (Å²) in [5.74, 6) is -1.65. The number of para-hydroxylation sites is 2. The highest BCUT2D eigenvalue weighted by atomic mass is 35.5. The zero-order valence-electron chi connectivity index (χ0n) is 14.5. The van der Waals surface area contributed by atoms with Crippen molar-refractivity contribution in [1.82, 2.24) is 0 Å². The quantitative estimate of drug-likeness (QED) is 0.724. The van der Waals surface area contributed by atoms with Gasteiger partial charge >= 0.3 is 11.9 Å². The Morgan fingerprint density at radius 2 is 1.39 bits per heavy atom. The van der Waals surface area contributed by atoms with Crippen molar-refractivity contribution in [2.75, 3.05) is 0 Å². The van der Waals surface area contributed by atoms with E-state index in [-0.39, 0.29) is 42.6 Å². The smallest absolute Gasteiger partial charge is 0.352 e. The minimum absolute atomic E-state index is 0. The third kappa shape index (κ3) is 5.06. The average molecular weight is 425 g/mol. The number of hydrogen-bond acceptors (Lipinski definition) is 4. The first-order valence-corrected chi connectivity index (χ1v) is 7.86. The Morgan fingerprint density at radius 1 is 0.857 bits per heavy atom. The van der Waals surface area contributed by atoms with Crippen molar-refractivity contribution >= 4 is 36.8 Å². The van der Waals surface area contributed by atoms with E-state index in [2.05, 4.69) is 0 Å². The van der Waals surface area contributed by atoms with E-state index < -0.39 is 17.5 Å². The third-order valence-corrected chi connectivity index (χ3v) is 3.86. The van der Waals surface area contributed by atoms with Gasteiger partial charge in [-0.05, 0) is 36.4 Å². The molecule has 1 aliphatic carbocycles. The SMILES string of the molecule is Cl.Cl.O=C(O)C1=C(Oc2ccccc2)CC(Oc2ccccc2)(C(=O)O)C=C1. The van der Waals surface area contributed by atoms with Crippen LogP contribution in [0.5, 0.6) is 11.5 Å². The van der Waals surface area contributed by atoms with Crippen molar-refractivity contribution in [2.45, 2.75) is 12.0 Å². The molecule has 2 N–H and O–H groups in total. The highest BCUT2D eigenvalue weighted by Crippen LogP contribution is 2.33. The lowest BCUT2D eigenvalue weighted by molar-refractivity contribution is -0.151. The molecule has 8 heteroatoms. The summed E-state index contributed by atoms with van der Waals surface area (Å²) in [7, 11) is 0. The molecule has 28 heavy (non-hydrogen) atoms. The van der Waals surface area contributed by atoms with Crippen molar-refractivity contribution < 1.29 is 29.3 Å². The van der Waals surface area contributed by atoms with Gasteiger partial charge in [0.15, 0.2) is 0 Å². The maximum atomic E-state index is 12.0. The molecule has 0 fully saturated rings. The second-order valence-electron chi connectivity index (χ2n) is 5.68. The zero-order valence-corrected chi connectivity index (χ0v) is 16.1. The summed E-state index contributed by atoms with van der Waals surface area (Å²) >= 11 is 0. The van der Waals surface area contributed by atoms with E-state index in [0.29, 0.717) is 11.5 Å². The van der Waals surface area contributed by atoms with E-state index in [4.69, 9.17) is 9.47 Å². The molecule has 0 radical (unpaired) electrons. The Bertz CT molecular complexity index is 880. The molecule has 1 atom stereocenters. The molecule has 0 heterocycles. The van der Waals surface area contributed by atoms with Gasteiger partial charge in [0.25, 0.3) is 0 Å². The molecular weight excluding hydrogens is 407 g/mol. The Hall–Kier alpha value is -2.96. The first-order valence-electron chi connectivity index (χ1n) is 7.86. The fourth-order valence-corrected chi connectivity index (χ4v) is 2.58. The molecule has 0 spiro atoms. The molecule has 6 nitrogen and oxygen atoms in total. The van der Waals surface area contributed by atoms with E-state index in [1.54, 1.807) is 60.7 Å². The minimum Gasteiger partial charge on any atom is -0.478 e. The molecule has 0 bridgehead atoms. The Kier molecular flexibility index (Phi) is 8.10. The molecule has 1 aliphatic rings. The molecule has 3 rings (SSSR count). The van der Waals surface area contributed by atoms with Gasteiger partial charge in [0.2, 0.25) is 5.60 Å². The molecule has 1 unspecified atom stereocenters. The van der Waals surface area contributed by atoms with Crippen LogP contribution in [0.2, 0.25) is 0 Å². The largest absolute Gasteiger partial charge is 0.478 e. The third-order valence-electron chi connectivity index (χ3n) is 3.86. The number of rotatable bonds is 6. The summed E-state index contributed by atoms with van der Waals surface area (Å²) < 4.78 is 11.4. The standard InChI is InChI=1S/C20H16O6.2ClH/c21-18(22)16-11-12-20(19(23)24,26-15-9-5-2-6-10-15)13-17(16)25-14-7-3-1-4-8-14;;/h1-12H,13H2,(H,21,22)(H,23,24);2*1H. The highest BCUT2D eigenvalue weighted by Gasteiger charge is 2.44. The minimum atomic E-state index is -1.76. The topological polar surface area (TPSA) is 93.1 Å². The van der Waals surface area contributed by atoms with Crippen molar-refractivity contribution in [1.29, 1.82) is 0 Å². The van der Waals surface area contributed by atoms with Crippen LogP contribution in [0, 0.1) is 0 Å². The second-order valence-corrected chi connectivity index (χ2v) is 5.68. The maximum absolute atomic E-state index is 12.0. The van der Waals surface area contributed by atoms with E-state index in [1.807, 2.05) is 0 Å². The Labute approximate surface area is 173 Å². The van der Waals surface area contributed by atoms with Crippen LogP contribution in [0.25, 0.3) is 0 Å². The van der Waals surface area contributed by atoms with Gasteiger partial charge in [0.05, 0.1) is 12.0 Å². The summed E-state index contributed by atoms with van der Waals surface area (Å²) in [6.45, 7) is 0. The van der Waals surface area contributed by atoms with Crippen LogP contribution in [0.3, 0.4) is 0 Å². The molecule has 0 amide bonds. The summed E-state index contributed by atoms with van der Waals surface area (Å²) in [4.78, 5) is 23.5. The lowest BCUT2D eigenvalue weighted by atomic mass is 9.90. The number of aliphatic carboxylic acids is 2. The molecule has 148 valence electrons. The predicted molar refractivity (Wildman–Crippen MR) is 107 cm³/mol. The van der Waals surface area contributed by atoms with Crippen LogP contribution >= 0.6 is 24.8 Å². The van der Waals surface area contributed by atoms with Gasteiger partial charge < -0.3 is 19.7 Å². The van der Waals surface area contributed by atoms with E-state index in [9.17, 15) is 19.8 Å². The Morgan fingerprint density at radius 3 is 1.89 bits per heavy atom. The van der Waals surface area contributed by atoms with Crippen LogP contribution < -0.4 is 9.47 Å². The van der Waals surface area contributed by atoms with Crippen molar-refractivity contribution in [2.24, 2.45) is 0 Å². The number of carbonyl (C=O) groups is 2. The molecule has 2 aromatic rings. The number of benzene rings is 2. The lowest BCUT2D eigenvalue weighted by Crippen LogP contribution is -2.45. The number of carboxylic acids is 2. The van der Waals surface area contributed by atoms with Crippen LogP contribution in [-0.4, -0.2) is 27.8 Å². The van der Waals surface area contributed by atoms with E-state index in [0.717, 1.165) is 0 Å². The first-order chi connectivity index (χ1) is 12.5. The zero-order chi connectivity index (χ0) is 18.6. The highest BCUT2D eigenvalue weighted by molar-refractivity contribution is 5.93. The Balaban J connectivity index is 0.00000196. The van der Waals surface area contributed by atoms with Gasteiger partial charge in [0.1, 0.15) is 17.3 Å². The number of carboxylic acid groups (broad SMARTS) is 2. The van der Waals surface area contributed by atoms with E-state index >= 15 is 0 Å². The normalized spacial score (nSPS) is 17.7. The number of halogens is 2. The second kappa shape index (κ2) is 9.82. The van der Waals surface area contributed by atoms with Crippen LogP contribution in [0.15, 0.2) is 84.1 Å². The van der Waals surface area contributed by atoms with Gasteiger partial charge in [-0.25, -0.2) is 9.59 Å². The van der Waals surface area contributed by atoms with E-state index in [1.165, 1.54) is 12.2 Å². The summed E-state index contributed by atoms with van der Waals surface area (Å²) in [6.07, 6.45) is 2.19. The molecule has 0 saturated heterocycles. The summed E-state index contributed by atoms with van der Waals surface area (Å²) in [5.41, 5.74) is -1.87. The van der Waals surface area contributed by atoms with Crippen molar-refractivity contribution in [3.05, 3.63) is 84.1 Å². The van der Waals surface area contributed by atoms with Gasteiger partial charge in [-0.3, -0.25) is 0 Å². The summed E-state index contributed by atoms with van der Waals surface area (Å²) in [6, 6.07) is 17.1. The molecule has 0 aromatic heterocycles. The van der Waals surface area contributed by atoms with Crippen LogP contribution in [0.1, 0.15) is 6.42 Å². The number of hydrogen-bond donors (Lipinski definition) is 2. The maximum Gasteiger partial charge on any atom is 0.352 e. The molecular formula is C20H18Cl2O6. The fraction of sp³-hybridized carbons (Fsp3) is 0.100. The molecule has 0 saturated carbocycles. The predicted octanol–water partition coefficient (Wildman–Crippen LogP) is 4.11. The molecule has 2 aromatic carbocycles. The van der Waals surface area contributed by atoms with Gasteiger partial charge in [0, 0.05) is 0 Å². The molecule has 0 aliphatic heterocycles. The van der Waals surface area contributed by atoms with Gasteiger partial charge in [-0.2, -0.15) is 0 Å². The lowest BCUT2D eigenvalue weighted by Gasteiger charge is -2.31. The average Bonchev–Trinajstić information content (AvgIpc) is 2.63. The monoisotopic (exact) mass is 424 g/mol. The first kappa shape index (κ1) is 23.1. The van der Waals surface area contributed by atoms with Crippen LogP contribution in [0.4, 0.5) is 0 Å². The van der Waals surface area contributed by atoms with Crippen LogP contribution in [-0.2, 0) is 9.59 Å².